The Morgan fingerprint density at radius 3 is 2.57 bits per heavy atom. The molecule has 2 aromatic rings. The summed E-state index contributed by atoms with van der Waals surface area (Å²) in [4.78, 5) is 11.2. The van der Waals surface area contributed by atoms with Gasteiger partial charge < -0.3 is 10.1 Å². The quantitative estimate of drug-likeness (QED) is 0.729. The molecule has 0 aliphatic carbocycles. The van der Waals surface area contributed by atoms with Crippen LogP contribution in [-0.4, -0.2) is 27.1 Å². The third-order valence-electron chi connectivity index (χ3n) is 3.86. The van der Waals surface area contributed by atoms with E-state index in [2.05, 4.69) is 10.1 Å². The molecule has 1 heterocycles. The summed E-state index contributed by atoms with van der Waals surface area (Å²) in [6.45, 7) is -1.66. The van der Waals surface area contributed by atoms with E-state index in [1.807, 2.05) is 4.72 Å². The summed E-state index contributed by atoms with van der Waals surface area (Å²) in [5, 5.41) is 2.61. The van der Waals surface area contributed by atoms with Gasteiger partial charge in [0.1, 0.15) is 11.6 Å². The van der Waals surface area contributed by atoms with Crippen LogP contribution in [-0.2, 0) is 21.2 Å². The Hall–Kier alpha value is -2.82. The third kappa shape index (κ3) is 4.71. The number of alkyl halides is 3. The van der Waals surface area contributed by atoms with Crippen LogP contribution in [0.5, 0.6) is 5.75 Å². The Balaban J connectivity index is 1.88. The Kier molecular flexibility index (Phi) is 5.20. The van der Waals surface area contributed by atoms with Crippen molar-refractivity contribution in [2.24, 2.45) is 0 Å². The number of sulfonamides is 1. The maximum Gasteiger partial charge on any atom is 0.422 e. The third-order valence-corrected chi connectivity index (χ3v) is 5.22. The summed E-state index contributed by atoms with van der Waals surface area (Å²) < 4.78 is 82.5. The van der Waals surface area contributed by atoms with Crippen LogP contribution in [0.4, 0.5) is 28.9 Å². The molecule has 6 nitrogen and oxygen atoms in total. The number of hydrogen-bond donors (Lipinski definition) is 2. The molecule has 0 saturated carbocycles. The maximum absolute atomic E-state index is 13.5. The SMILES string of the molecule is O=C1CCc2cc(S(=O)(=O)Nc3cc(F)ccc3OCC(F)(F)F)ccc2N1. The number of halogens is 4. The average Bonchev–Trinajstić information content (AvgIpc) is 2.59. The summed E-state index contributed by atoms with van der Waals surface area (Å²) in [6.07, 6.45) is -4.11. The molecule has 3 rings (SSSR count). The lowest BCUT2D eigenvalue weighted by Gasteiger charge is -2.18. The topological polar surface area (TPSA) is 84.5 Å². The average molecular weight is 418 g/mol. The largest absolute Gasteiger partial charge is 0.482 e. The van der Waals surface area contributed by atoms with Crippen molar-refractivity contribution in [1.82, 2.24) is 0 Å². The van der Waals surface area contributed by atoms with Crippen LogP contribution in [0.3, 0.4) is 0 Å². The van der Waals surface area contributed by atoms with Crippen molar-refractivity contribution in [3.05, 3.63) is 47.8 Å². The molecular formula is C17H14F4N2O4S. The first-order valence-corrected chi connectivity index (χ1v) is 9.46. The van der Waals surface area contributed by atoms with Crippen LogP contribution >= 0.6 is 0 Å². The zero-order valence-electron chi connectivity index (χ0n) is 14.1. The predicted octanol–water partition coefficient (Wildman–Crippen LogP) is 3.45. The monoisotopic (exact) mass is 418 g/mol. The number of ether oxygens (including phenoxy) is 1. The molecule has 2 aromatic carbocycles. The first-order chi connectivity index (χ1) is 13.0. The lowest BCUT2D eigenvalue weighted by Crippen LogP contribution is -2.21. The second-order valence-electron chi connectivity index (χ2n) is 6.02. The van der Waals surface area contributed by atoms with Crippen molar-refractivity contribution in [2.75, 3.05) is 16.6 Å². The summed E-state index contributed by atoms with van der Waals surface area (Å²) in [7, 11) is -4.24. The Morgan fingerprint density at radius 2 is 1.86 bits per heavy atom. The van der Waals surface area contributed by atoms with Gasteiger partial charge in [0.2, 0.25) is 5.91 Å². The lowest BCUT2D eigenvalue weighted by molar-refractivity contribution is -0.153. The minimum Gasteiger partial charge on any atom is -0.482 e. The minimum absolute atomic E-state index is 0.187. The van der Waals surface area contributed by atoms with Gasteiger partial charge in [0.15, 0.2) is 6.61 Å². The van der Waals surface area contributed by atoms with Gasteiger partial charge in [0, 0.05) is 18.2 Å². The molecule has 11 heteroatoms. The number of anilines is 2. The second kappa shape index (κ2) is 7.30. The van der Waals surface area contributed by atoms with Crippen molar-refractivity contribution in [2.45, 2.75) is 23.9 Å². The van der Waals surface area contributed by atoms with E-state index in [4.69, 9.17) is 0 Å². The van der Waals surface area contributed by atoms with Crippen LogP contribution in [0.2, 0.25) is 0 Å². The first-order valence-electron chi connectivity index (χ1n) is 7.98. The van der Waals surface area contributed by atoms with Gasteiger partial charge in [0.05, 0.1) is 10.6 Å². The van der Waals surface area contributed by atoms with E-state index in [0.717, 1.165) is 18.2 Å². The second-order valence-corrected chi connectivity index (χ2v) is 7.70. The molecule has 28 heavy (non-hydrogen) atoms. The van der Waals surface area contributed by atoms with Crippen molar-refractivity contribution >= 4 is 27.3 Å². The Bertz CT molecular complexity index is 1020. The summed E-state index contributed by atoms with van der Waals surface area (Å²) in [5.41, 5.74) is 0.612. The number of carbonyl (C=O) groups is 1. The van der Waals surface area contributed by atoms with Gasteiger partial charge in [-0.3, -0.25) is 9.52 Å². The highest BCUT2D eigenvalue weighted by Gasteiger charge is 2.29. The smallest absolute Gasteiger partial charge is 0.422 e. The molecule has 0 atom stereocenters. The van der Waals surface area contributed by atoms with E-state index < -0.39 is 40.1 Å². The molecule has 0 radical (unpaired) electrons. The number of carbonyl (C=O) groups excluding carboxylic acids is 1. The van der Waals surface area contributed by atoms with Gasteiger partial charge >= 0.3 is 6.18 Å². The van der Waals surface area contributed by atoms with Gasteiger partial charge in [-0.2, -0.15) is 13.2 Å². The van der Waals surface area contributed by atoms with E-state index in [1.165, 1.54) is 18.2 Å². The van der Waals surface area contributed by atoms with Gasteiger partial charge in [-0.15, -0.1) is 0 Å². The zero-order valence-corrected chi connectivity index (χ0v) is 15.0. The highest BCUT2D eigenvalue weighted by Crippen LogP contribution is 2.31. The standard InChI is InChI=1S/C17H14F4N2O4S/c18-11-2-5-15(27-9-17(19,20)21)14(8-11)23-28(25,26)12-3-4-13-10(7-12)1-6-16(24)22-13/h2-5,7-8,23H,1,6,9H2,(H,22,24). The fourth-order valence-corrected chi connectivity index (χ4v) is 3.71. The van der Waals surface area contributed by atoms with E-state index in [-0.39, 0.29) is 17.2 Å². The molecule has 2 N–H and O–H groups in total. The van der Waals surface area contributed by atoms with Crippen molar-refractivity contribution < 1.29 is 35.5 Å². The minimum atomic E-state index is -4.65. The fraction of sp³-hybridized carbons (Fsp3) is 0.235. The number of hydrogen-bond acceptors (Lipinski definition) is 4. The molecule has 0 aromatic heterocycles. The highest BCUT2D eigenvalue weighted by molar-refractivity contribution is 7.92. The number of fused-ring (bicyclic) bond motifs is 1. The number of rotatable bonds is 5. The molecule has 0 spiro atoms. The molecule has 150 valence electrons. The molecule has 1 aliphatic heterocycles. The number of nitrogens with one attached hydrogen (secondary N) is 2. The van der Waals surface area contributed by atoms with Crippen molar-refractivity contribution in [1.29, 1.82) is 0 Å². The predicted molar refractivity (Wildman–Crippen MR) is 92.2 cm³/mol. The zero-order chi connectivity index (χ0) is 20.5. The van der Waals surface area contributed by atoms with Crippen LogP contribution in [0, 0.1) is 5.82 Å². The fourth-order valence-electron chi connectivity index (χ4n) is 2.60. The van der Waals surface area contributed by atoms with Gasteiger partial charge in [-0.25, -0.2) is 12.8 Å². The van der Waals surface area contributed by atoms with Crippen LogP contribution in [0.25, 0.3) is 0 Å². The van der Waals surface area contributed by atoms with Gasteiger partial charge in [0.25, 0.3) is 10.0 Å². The normalized spacial score (nSPS) is 14.2. The molecule has 1 amide bonds. The summed E-state index contributed by atoms with van der Waals surface area (Å²) >= 11 is 0. The molecule has 0 unspecified atom stereocenters. The van der Waals surface area contributed by atoms with Crippen molar-refractivity contribution in [3.63, 3.8) is 0 Å². The van der Waals surface area contributed by atoms with Crippen LogP contribution in [0.1, 0.15) is 12.0 Å². The molecule has 0 fully saturated rings. The highest BCUT2D eigenvalue weighted by atomic mass is 32.2. The maximum atomic E-state index is 13.5. The summed E-state index contributed by atoms with van der Waals surface area (Å²) in [6, 6.07) is 6.46. The first kappa shape index (κ1) is 19.9. The van der Waals surface area contributed by atoms with Crippen molar-refractivity contribution in [3.8, 4) is 5.75 Å². The number of aryl methyl sites for hydroxylation is 1. The summed E-state index contributed by atoms with van der Waals surface area (Å²) in [5.74, 6) is -1.51. The Labute approximate surface area is 157 Å². The number of benzene rings is 2. The van der Waals surface area contributed by atoms with E-state index in [1.54, 1.807) is 0 Å². The van der Waals surface area contributed by atoms with E-state index >= 15 is 0 Å². The van der Waals surface area contributed by atoms with Gasteiger partial charge in [-0.05, 0) is 42.3 Å². The molecule has 1 aliphatic rings. The molecule has 0 saturated heterocycles. The van der Waals surface area contributed by atoms with E-state index in [9.17, 15) is 30.8 Å². The van der Waals surface area contributed by atoms with Crippen LogP contribution in [0.15, 0.2) is 41.3 Å². The van der Waals surface area contributed by atoms with Gasteiger partial charge in [-0.1, -0.05) is 0 Å². The van der Waals surface area contributed by atoms with Crippen LogP contribution < -0.4 is 14.8 Å². The molecular weight excluding hydrogens is 404 g/mol. The number of amides is 1. The Morgan fingerprint density at radius 1 is 1.11 bits per heavy atom. The molecule has 0 bridgehead atoms. The van der Waals surface area contributed by atoms with E-state index in [0.29, 0.717) is 17.7 Å². The lowest BCUT2D eigenvalue weighted by atomic mass is 10.0.